The van der Waals surface area contributed by atoms with Crippen LogP contribution in [0.3, 0.4) is 0 Å². The third-order valence-electron chi connectivity index (χ3n) is 4.81. The van der Waals surface area contributed by atoms with E-state index in [2.05, 4.69) is 15.1 Å². The van der Waals surface area contributed by atoms with Crippen LogP contribution >= 0.6 is 0 Å². The molecule has 0 atom stereocenters. The van der Waals surface area contributed by atoms with E-state index in [1.807, 2.05) is 0 Å². The number of amides is 2. The van der Waals surface area contributed by atoms with Crippen LogP contribution in [0.2, 0.25) is 0 Å². The van der Waals surface area contributed by atoms with Gasteiger partial charge in [-0.15, -0.1) is 0 Å². The molecule has 0 spiro atoms. The number of nitrogens with one attached hydrogen (secondary N) is 2. The number of benzene rings is 3. The molecular weight excluding hydrogens is 449 g/mol. The fourth-order valence-corrected chi connectivity index (χ4v) is 4.38. The van der Waals surface area contributed by atoms with Gasteiger partial charge in [-0.05, 0) is 42.0 Å². The van der Waals surface area contributed by atoms with E-state index in [1.165, 1.54) is 49.5 Å². The number of halogens is 1. The molecular formula is C22H18FN5O4S. The second-order valence-corrected chi connectivity index (χ2v) is 8.83. The third-order valence-corrected chi connectivity index (χ3v) is 6.21. The minimum absolute atomic E-state index is 0.0110. The zero-order valence-corrected chi connectivity index (χ0v) is 18.1. The van der Waals surface area contributed by atoms with E-state index in [-0.39, 0.29) is 27.6 Å². The maximum Gasteiger partial charge on any atom is 0.340 e. The zero-order chi connectivity index (χ0) is 23.8. The molecule has 168 valence electrons. The number of hydrogen-bond acceptors (Lipinski definition) is 5. The first-order chi connectivity index (χ1) is 15.7. The Balaban J connectivity index is 1.59. The van der Waals surface area contributed by atoms with Crippen LogP contribution < -0.4 is 15.8 Å². The van der Waals surface area contributed by atoms with E-state index >= 15 is 4.39 Å². The van der Waals surface area contributed by atoms with Gasteiger partial charge >= 0.3 is 6.03 Å². The first-order valence-corrected chi connectivity index (χ1v) is 11.1. The van der Waals surface area contributed by atoms with Crippen LogP contribution in [0.1, 0.15) is 6.92 Å². The smallest absolute Gasteiger partial charge is 0.340 e. The van der Waals surface area contributed by atoms with Crippen molar-refractivity contribution in [3.8, 4) is 11.1 Å². The highest BCUT2D eigenvalue weighted by molar-refractivity contribution is 7.92. The SMILES string of the molecule is CC(=O)Nc1ccc(S(=O)(=O)Nc2ccc(-c3ccc4cnn(C(N)=O)c4c3F)cc2)cc1. The number of nitrogens with zero attached hydrogens (tertiary/aromatic N) is 2. The maximum absolute atomic E-state index is 15.1. The third kappa shape index (κ3) is 4.39. The molecule has 0 bridgehead atoms. The number of anilines is 2. The number of sulfonamides is 1. The molecule has 1 aromatic heterocycles. The lowest BCUT2D eigenvalue weighted by molar-refractivity contribution is -0.114. The molecule has 0 fully saturated rings. The van der Waals surface area contributed by atoms with Crippen molar-refractivity contribution in [2.75, 3.05) is 10.0 Å². The highest BCUT2D eigenvalue weighted by atomic mass is 32.2. The monoisotopic (exact) mass is 467 g/mol. The van der Waals surface area contributed by atoms with Gasteiger partial charge < -0.3 is 11.1 Å². The quantitative estimate of drug-likeness (QED) is 0.412. The number of fused-ring (bicyclic) bond motifs is 1. The van der Waals surface area contributed by atoms with Crippen molar-refractivity contribution in [2.24, 2.45) is 5.73 Å². The molecule has 9 nitrogen and oxygen atoms in total. The van der Waals surface area contributed by atoms with Gasteiger partial charge in [-0.2, -0.15) is 9.78 Å². The number of hydrogen-bond donors (Lipinski definition) is 3. The average Bonchev–Trinajstić information content (AvgIpc) is 3.20. The van der Waals surface area contributed by atoms with Crippen LogP contribution in [-0.4, -0.2) is 30.1 Å². The first-order valence-electron chi connectivity index (χ1n) is 9.62. The summed E-state index contributed by atoms with van der Waals surface area (Å²) in [6.07, 6.45) is 1.34. The lowest BCUT2D eigenvalue weighted by Crippen LogP contribution is -2.21. The summed E-state index contributed by atoms with van der Waals surface area (Å²) < 4.78 is 43.6. The number of rotatable bonds is 5. The van der Waals surface area contributed by atoms with E-state index in [4.69, 9.17) is 5.73 Å². The fourth-order valence-electron chi connectivity index (χ4n) is 3.32. The standard InChI is InChI=1S/C22H18FN5O4S/c1-13(29)26-16-7-9-18(10-8-16)33(31,32)27-17-5-2-14(3-6-17)19-11-4-15-12-25-28(22(24)30)21(15)20(19)23/h2-12,27H,1H3,(H2,24,30)(H,26,29). The molecule has 4 aromatic rings. The summed E-state index contributed by atoms with van der Waals surface area (Å²) in [6.45, 7) is 1.35. The van der Waals surface area contributed by atoms with Crippen molar-refractivity contribution >= 4 is 44.2 Å². The van der Waals surface area contributed by atoms with E-state index in [0.717, 1.165) is 4.68 Å². The van der Waals surface area contributed by atoms with Gasteiger partial charge in [0.15, 0.2) is 5.82 Å². The predicted octanol–water partition coefficient (Wildman–Crippen LogP) is 3.53. The van der Waals surface area contributed by atoms with Gasteiger partial charge in [0.05, 0.1) is 11.1 Å². The van der Waals surface area contributed by atoms with Gasteiger partial charge in [-0.1, -0.05) is 24.3 Å². The summed E-state index contributed by atoms with van der Waals surface area (Å²) in [7, 11) is -3.88. The fraction of sp³-hybridized carbons (Fsp3) is 0.0455. The van der Waals surface area contributed by atoms with E-state index < -0.39 is 21.9 Å². The lowest BCUT2D eigenvalue weighted by Gasteiger charge is -2.11. The molecule has 3 aromatic carbocycles. The maximum atomic E-state index is 15.1. The first kappa shape index (κ1) is 22.0. The van der Waals surface area contributed by atoms with Crippen molar-refractivity contribution in [3.05, 3.63) is 72.7 Å². The van der Waals surface area contributed by atoms with E-state index in [1.54, 1.807) is 24.3 Å². The van der Waals surface area contributed by atoms with Crippen LogP contribution in [0.4, 0.5) is 20.6 Å². The van der Waals surface area contributed by atoms with Gasteiger partial charge in [-0.3, -0.25) is 9.52 Å². The Hall–Kier alpha value is -4.25. The second kappa shape index (κ2) is 8.36. The zero-order valence-electron chi connectivity index (χ0n) is 17.2. The second-order valence-electron chi connectivity index (χ2n) is 7.15. The Labute approximate surface area is 188 Å². The van der Waals surface area contributed by atoms with Gasteiger partial charge in [0.2, 0.25) is 5.91 Å². The highest BCUT2D eigenvalue weighted by Gasteiger charge is 2.17. The molecule has 4 N–H and O–H groups in total. The molecule has 0 aliphatic carbocycles. The molecule has 2 amide bonds. The Morgan fingerprint density at radius 3 is 2.21 bits per heavy atom. The van der Waals surface area contributed by atoms with Gasteiger partial charge in [0.25, 0.3) is 10.0 Å². The van der Waals surface area contributed by atoms with Crippen molar-refractivity contribution in [3.63, 3.8) is 0 Å². The van der Waals surface area contributed by atoms with E-state index in [9.17, 15) is 18.0 Å². The molecule has 1 heterocycles. The molecule has 0 unspecified atom stereocenters. The molecule has 33 heavy (non-hydrogen) atoms. The molecule has 0 radical (unpaired) electrons. The molecule has 0 saturated carbocycles. The summed E-state index contributed by atoms with van der Waals surface area (Å²) in [4.78, 5) is 22.6. The Bertz CT molecular complexity index is 1480. The Morgan fingerprint density at radius 2 is 1.61 bits per heavy atom. The van der Waals surface area contributed by atoms with Crippen molar-refractivity contribution in [1.82, 2.24) is 9.78 Å². The van der Waals surface area contributed by atoms with Crippen molar-refractivity contribution in [2.45, 2.75) is 11.8 Å². The molecule has 0 aliphatic rings. The minimum atomic E-state index is -3.88. The lowest BCUT2D eigenvalue weighted by atomic mass is 10.0. The number of primary amides is 1. The summed E-state index contributed by atoms with van der Waals surface area (Å²) in [5.74, 6) is -0.935. The topological polar surface area (TPSA) is 136 Å². The largest absolute Gasteiger partial charge is 0.350 e. The van der Waals surface area contributed by atoms with Crippen LogP contribution in [0.5, 0.6) is 0 Å². The molecule has 0 aliphatic heterocycles. The van der Waals surface area contributed by atoms with E-state index in [0.29, 0.717) is 16.6 Å². The summed E-state index contributed by atoms with van der Waals surface area (Å²) in [5, 5.41) is 6.78. The van der Waals surface area contributed by atoms with Crippen LogP contribution in [0.25, 0.3) is 22.0 Å². The van der Waals surface area contributed by atoms with Crippen LogP contribution in [-0.2, 0) is 14.8 Å². The molecule has 11 heteroatoms. The number of aromatic nitrogens is 2. The molecule has 0 saturated heterocycles. The van der Waals surface area contributed by atoms with Crippen molar-refractivity contribution in [1.29, 1.82) is 0 Å². The predicted molar refractivity (Wildman–Crippen MR) is 122 cm³/mol. The van der Waals surface area contributed by atoms with Crippen LogP contribution in [0.15, 0.2) is 71.8 Å². The normalized spacial score (nSPS) is 11.3. The summed E-state index contributed by atoms with van der Waals surface area (Å²) >= 11 is 0. The van der Waals surface area contributed by atoms with Crippen LogP contribution in [0, 0.1) is 5.82 Å². The Kier molecular flexibility index (Phi) is 5.56. The average molecular weight is 467 g/mol. The number of nitrogens with two attached hydrogens (primary N) is 1. The summed E-state index contributed by atoms with van der Waals surface area (Å²) in [6, 6.07) is 14.0. The van der Waals surface area contributed by atoms with Gasteiger partial charge in [-0.25, -0.2) is 17.6 Å². The van der Waals surface area contributed by atoms with Gasteiger partial charge in [0, 0.05) is 29.2 Å². The highest BCUT2D eigenvalue weighted by Crippen LogP contribution is 2.30. The number of carbonyl (C=O) groups excluding carboxylic acids is 2. The molecule has 4 rings (SSSR count). The van der Waals surface area contributed by atoms with Gasteiger partial charge in [0.1, 0.15) is 5.52 Å². The Morgan fingerprint density at radius 1 is 0.970 bits per heavy atom. The summed E-state index contributed by atoms with van der Waals surface area (Å²) in [5.41, 5.74) is 6.63. The minimum Gasteiger partial charge on any atom is -0.350 e. The van der Waals surface area contributed by atoms with Crippen molar-refractivity contribution < 1.29 is 22.4 Å². The number of carbonyl (C=O) groups is 2.